The highest BCUT2D eigenvalue weighted by atomic mass is 15.4. The summed E-state index contributed by atoms with van der Waals surface area (Å²) in [5.41, 5.74) is 0. The number of nitrogens with zero attached hydrogens (tertiary/aromatic N) is 1. The molecule has 0 spiro atoms. The smallest absolute Gasteiger partial charge is 0.0890 e. The molecule has 0 aliphatic carbocycles. The Morgan fingerprint density at radius 1 is 1.15 bits per heavy atom. The lowest BCUT2D eigenvalue weighted by Gasteiger charge is -2.49. The predicted molar refractivity (Wildman–Crippen MR) is 58.7 cm³/mol. The first kappa shape index (κ1) is 11.0. The van der Waals surface area contributed by atoms with E-state index in [1.165, 1.54) is 43.4 Å². The van der Waals surface area contributed by atoms with Crippen molar-refractivity contribution >= 4 is 0 Å². The number of quaternary nitrogens is 1. The number of piperidine rings is 1. The number of likely N-dealkylation sites (tertiary alicyclic amines) is 1. The van der Waals surface area contributed by atoms with Gasteiger partial charge in [0.05, 0.1) is 25.7 Å². The SMILES string of the molecule is CCC1CCC[N+](CC)(CC)C1C. The molecule has 1 heterocycles. The van der Waals surface area contributed by atoms with Crippen molar-refractivity contribution in [2.75, 3.05) is 19.6 Å². The Labute approximate surface area is 83.7 Å². The summed E-state index contributed by atoms with van der Waals surface area (Å²) in [7, 11) is 0. The largest absolute Gasteiger partial charge is 0.322 e. The molecular weight excluding hydrogens is 158 g/mol. The molecule has 0 aromatic carbocycles. The van der Waals surface area contributed by atoms with Crippen molar-refractivity contribution < 1.29 is 4.48 Å². The van der Waals surface area contributed by atoms with Gasteiger partial charge in [-0.3, -0.25) is 0 Å². The van der Waals surface area contributed by atoms with E-state index in [0.29, 0.717) is 0 Å². The van der Waals surface area contributed by atoms with Gasteiger partial charge in [-0.05, 0) is 40.0 Å². The van der Waals surface area contributed by atoms with E-state index in [1.807, 2.05) is 0 Å². The van der Waals surface area contributed by atoms with Crippen molar-refractivity contribution in [2.45, 2.75) is 53.0 Å². The minimum absolute atomic E-state index is 0.897. The van der Waals surface area contributed by atoms with Gasteiger partial charge < -0.3 is 4.48 Å². The van der Waals surface area contributed by atoms with Gasteiger partial charge in [0.15, 0.2) is 0 Å². The third kappa shape index (κ3) is 1.90. The maximum absolute atomic E-state index is 2.47. The molecule has 1 aliphatic heterocycles. The molecule has 0 aromatic rings. The lowest BCUT2D eigenvalue weighted by molar-refractivity contribution is -0.955. The van der Waals surface area contributed by atoms with Crippen LogP contribution in [0.1, 0.15) is 47.0 Å². The fourth-order valence-electron chi connectivity index (χ4n) is 3.22. The molecule has 0 amide bonds. The Bertz CT molecular complexity index is 149. The molecule has 0 N–H and O–H groups in total. The molecule has 1 saturated heterocycles. The molecule has 1 rings (SSSR count). The molecule has 1 nitrogen and oxygen atoms in total. The first-order valence-electron chi connectivity index (χ1n) is 6.06. The maximum atomic E-state index is 2.47. The third-order valence-corrected chi connectivity index (χ3v) is 4.51. The van der Waals surface area contributed by atoms with E-state index in [-0.39, 0.29) is 0 Å². The summed E-state index contributed by atoms with van der Waals surface area (Å²) in [4.78, 5) is 0. The summed E-state index contributed by atoms with van der Waals surface area (Å²) in [6.07, 6.45) is 4.30. The summed E-state index contributed by atoms with van der Waals surface area (Å²) in [6, 6.07) is 0.897. The first-order chi connectivity index (χ1) is 6.20. The van der Waals surface area contributed by atoms with Crippen LogP contribution in [0.5, 0.6) is 0 Å². The van der Waals surface area contributed by atoms with Crippen molar-refractivity contribution in [3.63, 3.8) is 0 Å². The van der Waals surface area contributed by atoms with E-state index in [4.69, 9.17) is 0 Å². The second-order valence-electron chi connectivity index (χ2n) is 4.63. The average Bonchev–Trinajstić information content (AvgIpc) is 2.19. The molecule has 1 fully saturated rings. The second kappa shape index (κ2) is 4.45. The van der Waals surface area contributed by atoms with Gasteiger partial charge in [-0.1, -0.05) is 6.92 Å². The Kier molecular flexibility index (Phi) is 3.78. The fraction of sp³-hybridized carbons (Fsp3) is 1.00. The summed E-state index contributed by atoms with van der Waals surface area (Å²) in [5, 5.41) is 0. The quantitative estimate of drug-likeness (QED) is 0.591. The van der Waals surface area contributed by atoms with Gasteiger partial charge in [0.2, 0.25) is 0 Å². The zero-order valence-corrected chi connectivity index (χ0v) is 9.84. The standard InChI is InChI=1S/C12H26N/c1-5-12-9-8-10-13(6-2,7-3)11(12)4/h11-12H,5-10H2,1-4H3/q+1. The van der Waals surface area contributed by atoms with Crippen LogP contribution in [0.15, 0.2) is 0 Å². The molecule has 0 radical (unpaired) electrons. The Hall–Kier alpha value is -0.0400. The zero-order valence-electron chi connectivity index (χ0n) is 9.84. The van der Waals surface area contributed by atoms with Gasteiger partial charge in [-0.15, -0.1) is 0 Å². The van der Waals surface area contributed by atoms with Crippen LogP contribution in [0.3, 0.4) is 0 Å². The first-order valence-corrected chi connectivity index (χ1v) is 6.06. The van der Waals surface area contributed by atoms with E-state index >= 15 is 0 Å². The van der Waals surface area contributed by atoms with Gasteiger partial charge in [0, 0.05) is 5.92 Å². The molecule has 0 saturated carbocycles. The number of hydrogen-bond donors (Lipinski definition) is 0. The third-order valence-electron chi connectivity index (χ3n) is 4.51. The van der Waals surface area contributed by atoms with Crippen LogP contribution in [0.25, 0.3) is 0 Å². The highest BCUT2D eigenvalue weighted by Crippen LogP contribution is 2.31. The highest BCUT2D eigenvalue weighted by molar-refractivity contribution is 4.71. The van der Waals surface area contributed by atoms with Crippen molar-refractivity contribution in [1.29, 1.82) is 0 Å². The average molecular weight is 184 g/mol. The summed E-state index contributed by atoms with van der Waals surface area (Å²) in [5.74, 6) is 0.980. The Morgan fingerprint density at radius 3 is 2.23 bits per heavy atom. The van der Waals surface area contributed by atoms with E-state index in [0.717, 1.165) is 12.0 Å². The summed E-state index contributed by atoms with van der Waals surface area (Å²) in [6.45, 7) is 13.6. The number of rotatable bonds is 3. The van der Waals surface area contributed by atoms with E-state index in [2.05, 4.69) is 27.7 Å². The molecule has 1 heteroatoms. The van der Waals surface area contributed by atoms with Crippen LogP contribution in [0.4, 0.5) is 0 Å². The molecule has 1 aliphatic rings. The summed E-state index contributed by atoms with van der Waals surface area (Å²) >= 11 is 0. The van der Waals surface area contributed by atoms with Crippen LogP contribution in [0, 0.1) is 5.92 Å². The van der Waals surface area contributed by atoms with Crippen LogP contribution in [-0.4, -0.2) is 30.2 Å². The van der Waals surface area contributed by atoms with Crippen LogP contribution >= 0.6 is 0 Å². The van der Waals surface area contributed by atoms with Crippen LogP contribution in [-0.2, 0) is 0 Å². The molecule has 2 atom stereocenters. The van der Waals surface area contributed by atoms with Gasteiger partial charge in [0.1, 0.15) is 0 Å². The predicted octanol–water partition coefficient (Wildman–Crippen LogP) is 3.05. The van der Waals surface area contributed by atoms with Gasteiger partial charge in [0.25, 0.3) is 0 Å². The van der Waals surface area contributed by atoms with Crippen molar-refractivity contribution in [3.8, 4) is 0 Å². The lowest BCUT2D eigenvalue weighted by Crippen LogP contribution is -2.59. The van der Waals surface area contributed by atoms with Crippen LogP contribution in [0.2, 0.25) is 0 Å². The van der Waals surface area contributed by atoms with Crippen LogP contribution < -0.4 is 0 Å². The molecule has 2 unspecified atom stereocenters. The zero-order chi connectivity index (χ0) is 9.90. The normalized spacial score (nSPS) is 33.2. The Morgan fingerprint density at radius 2 is 1.77 bits per heavy atom. The minimum atomic E-state index is 0.897. The van der Waals surface area contributed by atoms with E-state index in [9.17, 15) is 0 Å². The molecule has 0 bridgehead atoms. The highest BCUT2D eigenvalue weighted by Gasteiger charge is 2.38. The second-order valence-corrected chi connectivity index (χ2v) is 4.63. The maximum Gasteiger partial charge on any atom is 0.0890 e. The monoisotopic (exact) mass is 184 g/mol. The molecular formula is C12H26N+. The van der Waals surface area contributed by atoms with Crippen molar-refractivity contribution in [2.24, 2.45) is 5.92 Å². The minimum Gasteiger partial charge on any atom is -0.322 e. The van der Waals surface area contributed by atoms with Gasteiger partial charge in [-0.2, -0.15) is 0 Å². The van der Waals surface area contributed by atoms with Crippen molar-refractivity contribution in [1.82, 2.24) is 0 Å². The van der Waals surface area contributed by atoms with E-state index in [1.54, 1.807) is 0 Å². The van der Waals surface area contributed by atoms with Crippen molar-refractivity contribution in [3.05, 3.63) is 0 Å². The fourth-order valence-corrected chi connectivity index (χ4v) is 3.22. The lowest BCUT2D eigenvalue weighted by atomic mass is 9.86. The van der Waals surface area contributed by atoms with E-state index < -0.39 is 0 Å². The summed E-state index contributed by atoms with van der Waals surface area (Å²) < 4.78 is 1.37. The molecule has 0 aromatic heterocycles. The Balaban J connectivity index is 2.72. The molecule has 13 heavy (non-hydrogen) atoms. The number of hydrogen-bond acceptors (Lipinski definition) is 0. The van der Waals surface area contributed by atoms with Gasteiger partial charge in [-0.25, -0.2) is 0 Å². The topological polar surface area (TPSA) is 0 Å². The van der Waals surface area contributed by atoms with Gasteiger partial charge >= 0.3 is 0 Å². The molecule has 78 valence electrons.